The average Bonchev–Trinajstić information content (AvgIpc) is 2.19. The third kappa shape index (κ3) is 3.60. The standard InChI is InChI=1S/C12H17NO/c1-3-10(2)13-12(14)9-11-7-5-4-6-8-11/h4-8,10H,3,9H2,1-2H3,(H,13,14). The Bertz CT molecular complexity index is 282. The first kappa shape index (κ1) is 10.8. The van der Waals surface area contributed by atoms with Crippen LogP contribution < -0.4 is 5.32 Å². The topological polar surface area (TPSA) is 29.1 Å². The van der Waals surface area contributed by atoms with Gasteiger partial charge in [0.25, 0.3) is 0 Å². The quantitative estimate of drug-likeness (QED) is 0.776. The van der Waals surface area contributed by atoms with E-state index in [2.05, 4.69) is 12.2 Å². The smallest absolute Gasteiger partial charge is 0.224 e. The molecular weight excluding hydrogens is 174 g/mol. The van der Waals surface area contributed by atoms with Crippen molar-refractivity contribution >= 4 is 5.91 Å². The van der Waals surface area contributed by atoms with Gasteiger partial charge in [0.1, 0.15) is 0 Å². The highest BCUT2D eigenvalue weighted by atomic mass is 16.1. The second-order valence-corrected chi connectivity index (χ2v) is 3.54. The van der Waals surface area contributed by atoms with Gasteiger partial charge in [-0.05, 0) is 18.9 Å². The fourth-order valence-corrected chi connectivity index (χ4v) is 1.21. The third-order valence-corrected chi connectivity index (χ3v) is 2.23. The summed E-state index contributed by atoms with van der Waals surface area (Å²) in [4.78, 5) is 11.5. The van der Waals surface area contributed by atoms with Crippen LogP contribution in [-0.2, 0) is 11.2 Å². The van der Waals surface area contributed by atoms with Gasteiger partial charge in [-0.3, -0.25) is 4.79 Å². The minimum atomic E-state index is 0.102. The van der Waals surface area contributed by atoms with E-state index in [-0.39, 0.29) is 11.9 Å². The molecule has 0 aliphatic rings. The normalized spacial score (nSPS) is 12.1. The van der Waals surface area contributed by atoms with Crippen LogP contribution >= 0.6 is 0 Å². The largest absolute Gasteiger partial charge is 0.353 e. The van der Waals surface area contributed by atoms with E-state index in [0.29, 0.717) is 6.42 Å². The van der Waals surface area contributed by atoms with Crippen molar-refractivity contribution in [3.63, 3.8) is 0 Å². The molecule has 0 heterocycles. The molecule has 2 nitrogen and oxygen atoms in total. The number of carbonyl (C=O) groups excluding carboxylic acids is 1. The molecule has 0 spiro atoms. The van der Waals surface area contributed by atoms with Crippen LogP contribution in [0.5, 0.6) is 0 Å². The first-order valence-electron chi connectivity index (χ1n) is 5.05. The summed E-state index contributed by atoms with van der Waals surface area (Å²) in [6.45, 7) is 4.08. The maximum absolute atomic E-state index is 11.5. The molecule has 0 saturated heterocycles. The van der Waals surface area contributed by atoms with Crippen LogP contribution in [0.25, 0.3) is 0 Å². The molecule has 76 valence electrons. The molecule has 0 radical (unpaired) electrons. The highest BCUT2D eigenvalue weighted by Gasteiger charge is 2.05. The molecule has 1 aromatic carbocycles. The summed E-state index contributed by atoms with van der Waals surface area (Å²) >= 11 is 0. The minimum Gasteiger partial charge on any atom is -0.353 e. The van der Waals surface area contributed by atoms with Crippen LogP contribution in [0.3, 0.4) is 0 Å². The van der Waals surface area contributed by atoms with Gasteiger partial charge >= 0.3 is 0 Å². The predicted octanol–water partition coefficient (Wildman–Crippen LogP) is 2.14. The lowest BCUT2D eigenvalue weighted by atomic mass is 10.1. The molecule has 1 N–H and O–H groups in total. The van der Waals surface area contributed by atoms with Crippen molar-refractivity contribution in [2.24, 2.45) is 0 Å². The molecule has 1 unspecified atom stereocenters. The Hall–Kier alpha value is -1.31. The van der Waals surface area contributed by atoms with Gasteiger partial charge in [0, 0.05) is 6.04 Å². The maximum atomic E-state index is 11.5. The van der Waals surface area contributed by atoms with Crippen molar-refractivity contribution in [2.45, 2.75) is 32.7 Å². The van der Waals surface area contributed by atoms with Crippen molar-refractivity contribution in [1.82, 2.24) is 5.32 Å². The van der Waals surface area contributed by atoms with Gasteiger partial charge in [-0.25, -0.2) is 0 Å². The number of nitrogens with one attached hydrogen (secondary N) is 1. The molecule has 1 amide bonds. The van der Waals surface area contributed by atoms with Gasteiger partial charge in [-0.15, -0.1) is 0 Å². The van der Waals surface area contributed by atoms with Crippen molar-refractivity contribution in [3.8, 4) is 0 Å². The molecule has 0 aromatic heterocycles. The highest BCUT2D eigenvalue weighted by Crippen LogP contribution is 1.99. The summed E-state index contributed by atoms with van der Waals surface area (Å²) in [5.74, 6) is 0.102. The van der Waals surface area contributed by atoms with Gasteiger partial charge in [-0.2, -0.15) is 0 Å². The van der Waals surface area contributed by atoms with Crippen LogP contribution in [-0.4, -0.2) is 11.9 Å². The molecule has 0 aliphatic heterocycles. The third-order valence-electron chi connectivity index (χ3n) is 2.23. The maximum Gasteiger partial charge on any atom is 0.224 e. The monoisotopic (exact) mass is 191 g/mol. The highest BCUT2D eigenvalue weighted by molar-refractivity contribution is 5.78. The summed E-state index contributed by atoms with van der Waals surface area (Å²) in [6.07, 6.45) is 1.45. The second-order valence-electron chi connectivity index (χ2n) is 3.54. The Morgan fingerprint density at radius 2 is 2.00 bits per heavy atom. The number of benzene rings is 1. The fraction of sp³-hybridized carbons (Fsp3) is 0.417. The Labute approximate surface area is 85.3 Å². The van der Waals surface area contributed by atoms with E-state index in [1.54, 1.807) is 0 Å². The molecule has 0 fully saturated rings. The number of rotatable bonds is 4. The first-order chi connectivity index (χ1) is 6.72. The Balaban J connectivity index is 2.42. The van der Waals surface area contributed by atoms with E-state index in [9.17, 15) is 4.79 Å². The molecule has 1 rings (SSSR count). The van der Waals surface area contributed by atoms with Crippen molar-refractivity contribution in [3.05, 3.63) is 35.9 Å². The molecule has 0 bridgehead atoms. The van der Waals surface area contributed by atoms with Gasteiger partial charge in [0.05, 0.1) is 6.42 Å². The predicted molar refractivity (Wildman–Crippen MR) is 58.0 cm³/mol. The fourth-order valence-electron chi connectivity index (χ4n) is 1.21. The van der Waals surface area contributed by atoms with Gasteiger partial charge < -0.3 is 5.32 Å². The van der Waals surface area contributed by atoms with E-state index in [0.717, 1.165) is 12.0 Å². The number of amides is 1. The molecule has 0 saturated carbocycles. The Morgan fingerprint density at radius 3 is 2.57 bits per heavy atom. The Kier molecular flexibility index (Phi) is 4.17. The van der Waals surface area contributed by atoms with Crippen LogP contribution in [0.2, 0.25) is 0 Å². The molecule has 14 heavy (non-hydrogen) atoms. The zero-order valence-corrected chi connectivity index (χ0v) is 8.79. The summed E-state index contributed by atoms with van der Waals surface area (Å²) < 4.78 is 0. The molecular formula is C12H17NO. The lowest BCUT2D eigenvalue weighted by molar-refractivity contribution is -0.121. The van der Waals surface area contributed by atoms with Gasteiger partial charge in [-0.1, -0.05) is 37.3 Å². The second kappa shape index (κ2) is 5.43. The van der Waals surface area contributed by atoms with E-state index in [4.69, 9.17) is 0 Å². The van der Waals surface area contributed by atoms with Crippen molar-refractivity contribution < 1.29 is 4.79 Å². The van der Waals surface area contributed by atoms with Crippen LogP contribution in [0.1, 0.15) is 25.8 Å². The number of hydrogen-bond donors (Lipinski definition) is 1. The van der Waals surface area contributed by atoms with Gasteiger partial charge in [0.2, 0.25) is 5.91 Å². The summed E-state index contributed by atoms with van der Waals surface area (Å²) in [5, 5.41) is 2.94. The van der Waals surface area contributed by atoms with Crippen LogP contribution in [0.15, 0.2) is 30.3 Å². The van der Waals surface area contributed by atoms with Crippen molar-refractivity contribution in [1.29, 1.82) is 0 Å². The molecule has 0 aliphatic carbocycles. The number of hydrogen-bond acceptors (Lipinski definition) is 1. The van der Waals surface area contributed by atoms with E-state index in [1.807, 2.05) is 37.3 Å². The minimum absolute atomic E-state index is 0.102. The lowest BCUT2D eigenvalue weighted by Gasteiger charge is -2.10. The molecule has 1 atom stereocenters. The lowest BCUT2D eigenvalue weighted by Crippen LogP contribution is -2.33. The van der Waals surface area contributed by atoms with E-state index < -0.39 is 0 Å². The zero-order chi connectivity index (χ0) is 10.4. The van der Waals surface area contributed by atoms with Gasteiger partial charge in [0.15, 0.2) is 0 Å². The van der Waals surface area contributed by atoms with Crippen molar-refractivity contribution in [2.75, 3.05) is 0 Å². The zero-order valence-electron chi connectivity index (χ0n) is 8.79. The summed E-state index contributed by atoms with van der Waals surface area (Å²) in [5.41, 5.74) is 1.06. The Morgan fingerprint density at radius 1 is 1.36 bits per heavy atom. The number of carbonyl (C=O) groups is 1. The average molecular weight is 191 g/mol. The van der Waals surface area contributed by atoms with Crippen LogP contribution in [0.4, 0.5) is 0 Å². The first-order valence-corrected chi connectivity index (χ1v) is 5.05. The van der Waals surface area contributed by atoms with E-state index >= 15 is 0 Å². The summed E-state index contributed by atoms with van der Waals surface area (Å²) in [7, 11) is 0. The van der Waals surface area contributed by atoms with Crippen LogP contribution in [0, 0.1) is 0 Å². The SMILES string of the molecule is CCC(C)NC(=O)Cc1ccccc1. The van der Waals surface area contributed by atoms with E-state index in [1.165, 1.54) is 0 Å². The summed E-state index contributed by atoms with van der Waals surface area (Å²) in [6, 6.07) is 10.1. The molecule has 1 aromatic rings. The molecule has 2 heteroatoms.